The SMILES string of the molecule is CC(=O)c1ccc(-c2cc(N(C(=O)C3CCC(C)CC3)C3CCC(O)CC3)c(C(=O)O)s2)cc1. The molecule has 4 rings (SSSR count). The van der Waals surface area contributed by atoms with Crippen LogP contribution in [0.25, 0.3) is 10.4 Å². The Morgan fingerprint density at radius 1 is 0.941 bits per heavy atom. The van der Waals surface area contributed by atoms with Gasteiger partial charge in [-0.3, -0.25) is 9.59 Å². The molecule has 1 aromatic heterocycles. The zero-order chi connectivity index (χ0) is 24.4. The number of aromatic carboxylic acids is 1. The van der Waals surface area contributed by atoms with Gasteiger partial charge in [-0.2, -0.15) is 0 Å². The van der Waals surface area contributed by atoms with Gasteiger partial charge in [-0.25, -0.2) is 4.79 Å². The van der Waals surface area contributed by atoms with Gasteiger partial charge in [0, 0.05) is 22.4 Å². The standard InChI is InChI=1S/C27H33NO5S/c1-16-3-5-20(6-4-16)26(31)28(21-11-13-22(30)14-12-21)23-15-24(34-25(23)27(32)33)19-9-7-18(8-10-19)17(2)29/h7-10,15-16,20-22,30H,3-6,11-14H2,1-2H3,(H,32,33). The van der Waals surface area contributed by atoms with Gasteiger partial charge in [-0.05, 0) is 75.8 Å². The van der Waals surface area contributed by atoms with E-state index in [1.165, 1.54) is 6.92 Å². The number of carbonyl (C=O) groups excluding carboxylic acids is 2. The summed E-state index contributed by atoms with van der Waals surface area (Å²) >= 11 is 1.16. The lowest BCUT2D eigenvalue weighted by Crippen LogP contribution is -2.47. The number of carboxylic acids is 1. The molecule has 2 fully saturated rings. The Kier molecular flexibility index (Phi) is 7.53. The topological polar surface area (TPSA) is 94.9 Å². The number of aliphatic hydroxyl groups is 1. The van der Waals surface area contributed by atoms with E-state index < -0.39 is 5.97 Å². The van der Waals surface area contributed by atoms with Crippen LogP contribution in [0.4, 0.5) is 5.69 Å². The number of nitrogens with zero attached hydrogens (tertiary/aromatic N) is 1. The molecule has 1 aromatic carbocycles. The number of benzene rings is 1. The molecule has 0 saturated heterocycles. The van der Waals surface area contributed by atoms with Crippen molar-refractivity contribution in [3.05, 3.63) is 40.8 Å². The van der Waals surface area contributed by atoms with Crippen LogP contribution in [0.5, 0.6) is 0 Å². The molecule has 0 atom stereocenters. The Hall–Kier alpha value is -2.51. The molecule has 0 bridgehead atoms. The van der Waals surface area contributed by atoms with Crippen molar-refractivity contribution in [1.29, 1.82) is 0 Å². The van der Waals surface area contributed by atoms with E-state index in [9.17, 15) is 24.6 Å². The number of rotatable bonds is 6. The highest BCUT2D eigenvalue weighted by molar-refractivity contribution is 7.18. The molecule has 0 radical (unpaired) electrons. The molecule has 1 heterocycles. The van der Waals surface area contributed by atoms with E-state index in [4.69, 9.17) is 0 Å². The van der Waals surface area contributed by atoms with Gasteiger partial charge in [0.15, 0.2) is 5.78 Å². The molecule has 0 spiro atoms. The van der Waals surface area contributed by atoms with Crippen LogP contribution in [0.2, 0.25) is 0 Å². The zero-order valence-corrected chi connectivity index (χ0v) is 20.6. The van der Waals surface area contributed by atoms with Crippen molar-refractivity contribution in [2.24, 2.45) is 11.8 Å². The van der Waals surface area contributed by atoms with Crippen LogP contribution < -0.4 is 4.90 Å². The molecule has 0 aliphatic heterocycles. The summed E-state index contributed by atoms with van der Waals surface area (Å²) < 4.78 is 0. The number of anilines is 1. The second kappa shape index (κ2) is 10.4. The molecule has 182 valence electrons. The third-order valence-electron chi connectivity index (χ3n) is 7.38. The monoisotopic (exact) mass is 483 g/mol. The summed E-state index contributed by atoms with van der Waals surface area (Å²) in [4.78, 5) is 40.5. The fourth-order valence-electron chi connectivity index (χ4n) is 5.24. The average molecular weight is 484 g/mol. The Balaban J connectivity index is 1.72. The lowest BCUT2D eigenvalue weighted by atomic mass is 9.81. The first-order valence-corrected chi connectivity index (χ1v) is 13.1. The van der Waals surface area contributed by atoms with Gasteiger partial charge in [0.25, 0.3) is 0 Å². The average Bonchev–Trinajstić information content (AvgIpc) is 3.26. The van der Waals surface area contributed by atoms with Gasteiger partial charge in [-0.15, -0.1) is 11.3 Å². The lowest BCUT2D eigenvalue weighted by Gasteiger charge is -2.38. The molecule has 2 aliphatic carbocycles. The van der Waals surface area contributed by atoms with E-state index in [1.54, 1.807) is 17.0 Å². The molecule has 2 aromatic rings. The highest BCUT2D eigenvalue weighted by atomic mass is 32.1. The number of amides is 1. The van der Waals surface area contributed by atoms with Crippen molar-refractivity contribution in [3.8, 4) is 10.4 Å². The Bertz CT molecular complexity index is 1040. The molecule has 2 saturated carbocycles. The van der Waals surface area contributed by atoms with Gasteiger partial charge in [-0.1, -0.05) is 31.2 Å². The molecular formula is C27H33NO5S. The fourth-order valence-corrected chi connectivity index (χ4v) is 6.23. The number of carbonyl (C=O) groups is 3. The van der Waals surface area contributed by atoms with Crippen molar-refractivity contribution in [2.45, 2.75) is 77.4 Å². The first-order valence-electron chi connectivity index (χ1n) is 12.2. The fraction of sp³-hybridized carbons (Fsp3) is 0.519. The lowest BCUT2D eigenvalue weighted by molar-refractivity contribution is -0.124. The summed E-state index contributed by atoms with van der Waals surface area (Å²) in [5.74, 6) is -0.530. The highest BCUT2D eigenvalue weighted by Crippen LogP contribution is 2.41. The van der Waals surface area contributed by atoms with Crippen LogP contribution >= 0.6 is 11.3 Å². The van der Waals surface area contributed by atoms with Gasteiger partial charge in [0.1, 0.15) is 4.88 Å². The maximum absolute atomic E-state index is 13.9. The van der Waals surface area contributed by atoms with Crippen LogP contribution in [-0.2, 0) is 4.79 Å². The minimum Gasteiger partial charge on any atom is -0.477 e. The van der Waals surface area contributed by atoms with E-state index in [2.05, 4.69) is 6.92 Å². The largest absolute Gasteiger partial charge is 0.477 e. The molecule has 34 heavy (non-hydrogen) atoms. The zero-order valence-electron chi connectivity index (χ0n) is 19.8. The Labute approximate surface area is 204 Å². The summed E-state index contributed by atoms with van der Waals surface area (Å²) in [5.41, 5.74) is 1.89. The maximum Gasteiger partial charge on any atom is 0.348 e. The first-order chi connectivity index (χ1) is 16.2. The number of aliphatic hydroxyl groups excluding tert-OH is 1. The minimum atomic E-state index is -1.04. The first kappa shape index (κ1) is 24.6. The molecule has 2 N–H and O–H groups in total. The molecule has 6 nitrogen and oxygen atoms in total. The molecule has 1 amide bonds. The van der Waals surface area contributed by atoms with Crippen LogP contribution in [0, 0.1) is 11.8 Å². The Morgan fingerprint density at radius 3 is 2.12 bits per heavy atom. The van der Waals surface area contributed by atoms with Crippen LogP contribution in [0.1, 0.15) is 85.2 Å². The van der Waals surface area contributed by atoms with Crippen molar-refractivity contribution in [2.75, 3.05) is 4.90 Å². The summed E-state index contributed by atoms with van der Waals surface area (Å²) in [6.45, 7) is 3.73. The molecule has 2 aliphatic rings. The van der Waals surface area contributed by atoms with Gasteiger partial charge < -0.3 is 15.1 Å². The van der Waals surface area contributed by atoms with Crippen LogP contribution in [0.15, 0.2) is 30.3 Å². The number of carboxylic acid groups (broad SMARTS) is 1. The third-order valence-corrected chi connectivity index (χ3v) is 8.54. The number of thiophene rings is 1. The van der Waals surface area contributed by atoms with Crippen molar-refractivity contribution in [1.82, 2.24) is 0 Å². The van der Waals surface area contributed by atoms with Gasteiger partial charge in [0.05, 0.1) is 11.8 Å². The van der Waals surface area contributed by atoms with Crippen LogP contribution in [-0.4, -0.2) is 40.0 Å². The molecule has 0 unspecified atom stereocenters. The van der Waals surface area contributed by atoms with E-state index in [-0.39, 0.29) is 34.6 Å². The second-order valence-corrected chi connectivity index (χ2v) is 10.9. The van der Waals surface area contributed by atoms with E-state index in [0.717, 1.165) is 47.5 Å². The van der Waals surface area contributed by atoms with E-state index in [0.29, 0.717) is 42.9 Å². The van der Waals surface area contributed by atoms with Gasteiger partial charge >= 0.3 is 5.97 Å². The van der Waals surface area contributed by atoms with Crippen molar-refractivity contribution >= 4 is 34.7 Å². The molecule has 7 heteroatoms. The van der Waals surface area contributed by atoms with E-state index >= 15 is 0 Å². The molecular weight excluding hydrogens is 450 g/mol. The van der Waals surface area contributed by atoms with Crippen molar-refractivity contribution in [3.63, 3.8) is 0 Å². The quantitative estimate of drug-likeness (QED) is 0.508. The number of ketones is 1. The van der Waals surface area contributed by atoms with E-state index in [1.807, 2.05) is 18.2 Å². The summed E-state index contributed by atoms with van der Waals surface area (Å²) in [6, 6.07) is 8.84. The predicted molar refractivity (Wildman–Crippen MR) is 134 cm³/mol. The summed E-state index contributed by atoms with van der Waals surface area (Å²) in [7, 11) is 0. The number of hydrogen-bond acceptors (Lipinski definition) is 5. The smallest absolute Gasteiger partial charge is 0.348 e. The van der Waals surface area contributed by atoms with Gasteiger partial charge in [0.2, 0.25) is 5.91 Å². The Morgan fingerprint density at radius 2 is 1.56 bits per heavy atom. The second-order valence-electron chi connectivity index (χ2n) is 9.89. The minimum absolute atomic E-state index is 0.0204. The van der Waals surface area contributed by atoms with Crippen molar-refractivity contribution < 1.29 is 24.6 Å². The summed E-state index contributed by atoms with van der Waals surface area (Å²) in [5, 5.41) is 20.1. The summed E-state index contributed by atoms with van der Waals surface area (Å²) in [6.07, 6.45) is 5.87. The third kappa shape index (κ3) is 5.26. The highest BCUT2D eigenvalue weighted by Gasteiger charge is 2.37. The number of hydrogen-bond donors (Lipinski definition) is 2. The normalized spacial score (nSPS) is 25.0. The predicted octanol–water partition coefficient (Wildman–Crippen LogP) is 5.78. The van der Waals surface area contributed by atoms with Crippen LogP contribution in [0.3, 0.4) is 0 Å². The number of Topliss-reactive ketones (excluding diaryl/α,β-unsaturated/α-hetero) is 1. The maximum atomic E-state index is 13.9.